The van der Waals surface area contributed by atoms with E-state index in [1.165, 1.54) is 0 Å². The minimum absolute atomic E-state index is 0. The van der Waals surface area contributed by atoms with Crippen LogP contribution in [-0.2, 0) is 15.2 Å². The van der Waals surface area contributed by atoms with Gasteiger partial charge in [-0.1, -0.05) is 0 Å². The molecule has 4 nitrogen and oxygen atoms in total. The first-order chi connectivity index (χ1) is 3.63. The van der Waals surface area contributed by atoms with E-state index < -0.39 is 11.0 Å². The molecule has 0 saturated heterocycles. The zero-order chi connectivity index (χ0) is 6.57. The summed E-state index contributed by atoms with van der Waals surface area (Å²) in [5.41, 5.74) is 5.15. The number of hydrogen-bond donors (Lipinski definition) is 2. The molecule has 0 bridgehead atoms. The number of rotatable bonds is 3. The van der Waals surface area contributed by atoms with E-state index in [0.717, 1.165) is 0 Å². The summed E-state index contributed by atoms with van der Waals surface area (Å²) in [4.78, 5) is 0. The Morgan fingerprint density at radius 2 is 2.11 bits per heavy atom. The van der Waals surface area contributed by atoms with Gasteiger partial charge in [0.2, 0.25) is 0 Å². The van der Waals surface area contributed by atoms with Crippen molar-refractivity contribution in [2.24, 2.45) is 5.73 Å². The Bertz CT molecular complexity index is 116. The minimum atomic E-state index is -2.71. The van der Waals surface area contributed by atoms with Gasteiger partial charge in [0.1, 0.15) is 0 Å². The molecule has 2 N–H and O–H groups in total. The van der Waals surface area contributed by atoms with Gasteiger partial charge in [-0.2, -0.15) is 0 Å². The molecular weight excluding hydrogens is 153 g/mol. The van der Waals surface area contributed by atoms with Gasteiger partial charge in [-0.15, -0.1) is 0 Å². The predicted octanol–water partition coefficient (Wildman–Crippen LogP) is -1.77. The van der Waals surface area contributed by atoms with Gasteiger partial charge in [0.25, 0.3) is 11.0 Å². The first-order valence-electron chi connectivity index (χ1n) is 2.16. The van der Waals surface area contributed by atoms with Crippen molar-refractivity contribution in [3.05, 3.63) is 0 Å². The van der Waals surface area contributed by atoms with Gasteiger partial charge in [-0.25, -0.2) is 8.42 Å². The third-order valence-electron chi connectivity index (χ3n) is 0.443. The summed E-state index contributed by atoms with van der Waals surface area (Å²) in [5, 5.41) is 0. The van der Waals surface area contributed by atoms with Crippen LogP contribution in [0.25, 0.3) is 0 Å². The van der Waals surface area contributed by atoms with Crippen LogP contribution in [0.4, 0.5) is 0 Å². The van der Waals surface area contributed by atoms with E-state index >= 15 is 0 Å². The van der Waals surface area contributed by atoms with Crippen molar-refractivity contribution >= 4 is 40.5 Å². The predicted molar refractivity (Wildman–Crippen MR) is 37.1 cm³/mol. The molecule has 0 amide bonds. The zero-order valence-corrected chi connectivity index (χ0v) is 5.43. The molecule has 0 aromatic rings. The summed E-state index contributed by atoms with van der Waals surface area (Å²) in [6, 6.07) is -0.220. The van der Waals surface area contributed by atoms with E-state index in [1.807, 2.05) is 0 Å². The molecule has 6 heteroatoms. The summed E-state index contributed by atoms with van der Waals surface area (Å²) >= 11 is 0. The summed E-state index contributed by atoms with van der Waals surface area (Å²) in [6.45, 7) is 1.73. The zero-order valence-electron chi connectivity index (χ0n) is 4.53. The van der Waals surface area contributed by atoms with E-state index in [-0.39, 0.29) is 42.2 Å². The molecule has 0 radical (unpaired) electrons. The second-order valence-electron chi connectivity index (χ2n) is 1.50. The van der Waals surface area contributed by atoms with Gasteiger partial charge in [0.05, 0.1) is 6.61 Å². The fraction of sp³-hybridized carbons (Fsp3) is 1.00. The Morgan fingerprint density at radius 1 is 1.67 bits per heavy atom. The van der Waals surface area contributed by atoms with E-state index in [1.54, 1.807) is 6.92 Å². The molecule has 0 rings (SSSR count). The third-order valence-corrected chi connectivity index (χ3v) is 0.803. The average molecular weight is 163 g/mol. The standard InChI is InChI=1S/C3H9NO3S.Na.H/c1-3(4)2-7-8(5)6;;/h3,8H,2,4H2,1H3;;. The van der Waals surface area contributed by atoms with Crippen molar-refractivity contribution < 1.29 is 12.6 Å². The molecule has 0 spiro atoms. The number of nitrogens with two attached hydrogens (primary N) is 1. The van der Waals surface area contributed by atoms with Crippen LogP contribution in [-0.4, -0.2) is 50.6 Å². The first-order valence-corrected chi connectivity index (χ1v) is 3.25. The molecule has 0 aromatic carbocycles. The van der Waals surface area contributed by atoms with Crippen LogP contribution in [0, 0.1) is 0 Å². The van der Waals surface area contributed by atoms with Gasteiger partial charge < -0.3 is 5.73 Å². The quantitative estimate of drug-likeness (QED) is 0.381. The van der Waals surface area contributed by atoms with Crippen molar-refractivity contribution in [1.82, 2.24) is 0 Å². The molecule has 1 unspecified atom stereocenters. The van der Waals surface area contributed by atoms with Gasteiger partial charge in [-0.3, -0.25) is 4.18 Å². The average Bonchev–Trinajstić information content (AvgIpc) is 1.61. The molecule has 0 saturated carbocycles. The summed E-state index contributed by atoms with van der Waals surface area (Å²) in [6.07, 6.45) is 0. The molecule has 0 aliphatic rings. The summed E-state index contributed by atoms with van der Waals surface area (Å²) in [5.74, 6) is 0. The van der Waals surface area contributed by atoms with Crippen LogP contribution in [0.5, 0.6) is 0 Å². The van der Waals surface area contributed by atoms with Gasteiger partial charge in [0, 0.05) is 6.04 Å². The molecule has 0 heterocycles. The normalized spacial score (nSPS) is 12.8. The van der Waals surface area contributed by atoms with Crippen LogP contribution in [0.1, 0.15) is 6.92 Å². The summed E-state index contributed by atoms with van der Waals surface area (Å²) in [7, 11) is -2.71. The van der Waals surface area contributed by atoms with Crippen molar-refractivity contribution in [3.8, 4) is 0 Å². The Balaban J connectivity index is 0. The summed E-state index contributed by atoms with van der Waals surface area (Å²) < 4.78 is 23.5. The molecule has 1 atom stereocenters. The SMILES string of the molecule is CC(N)CO[SH](=O)=O.[NaH]. The molecular formula is C3H10NNaO3S. The van der Waals surface area contributed by atoms with Gasteiger partial charge >= 0.3 is 29.6 Å². The molecule has 52 valence electrons. The molecule has 0 aliphatic heterocycles. The van der Waals surface area contributed by atoms with E-state index in [0.29, 0.717) is 0 Å². The Labute approximate surface area is 78.2 Å². The van der Waals surface area contributed by atoms with E-state index in [2.05, 4.69) is 4.18 Å². The fourth-order valence-corrected chi connectivity index (χ4v) is 0.535. The van der Waals surface area contributed by atoms with Crippen LogP contribution >= 0.6 is 0 Å². The second-order valence-corrected chi connectivity index (χ2v) is 2.20. The topological polar surface area (TPSA) is 69.4 Å². The fourth-order valence-electron chi connectivity index (χ4n) is 0.178. The van der Waals surface area contributed by atoms with Crippen LogP contribution in [0.2, 0.25) is 0 Å². The van der Waals surface area contributed by atoms with E-state index in [4.69, 9.17) is 5.73 Å². The number of hydrogen-bond acceptors (Lipinski definition) is 4. The molecule has 9 heavy (non-hydrogen) atoms. The Kier molecular flexibility index (Phi) is 9.73. The maximum atomic E-state index is 9.66. The molecule has 0 aromatic heterocycles. The second kappa shape index (κ2) is 6.98. The maximum absolute atomic E-state index is 9.66. The monoisotopic (exact) mass is 163 g/mol. The van der Waals surface area contributed by atoms with Crippen LogP contribution in [0.15, 0.2) is 0 Å². The van der Waals surface area contributed by atoms with Gasteiger partial charge in [0.15, 0.2) is 0 Å². The number of thiol groups is 1. The van der Waals surface area contributed by atoms with Crippen molar-refractivity contribution in [3.63, 3.8) is 0 Å². The van der Waals surface area contributed by atoms with Crippen molar-refractivity contribution in [1.29, 1.82) is 0 Å². The molecule has 0 aliphatic carbocycles. The van der Waals surface area contributed by atoms with Gasteiger partial charge in [-0.05, 0) is 6.92 Å². The van der Waals surface area contributed by atoms with Crippen LogP contribution < -0.4 is 5.73 Å². The van der Waals surface area contributed by atoms with E-state index in [9.17, 15) is 8.42 Å². The molecule has 0 fully saturated rings. The van der Waals surface area contributed by atoms with Crippen molar-refractivity contribution in [2.45, 2.75) is 13.0 Å². The Morgan fingerprint density at radius 3 is 2.22 bits per heavy atom. The van der Waals surface area contributed by atoms with Crippen molar-refractivity contribution in [2.75, 3.05) is 6.61 Å². The van der Waals surface area contributed by atoms with Crippen LogP contribution in [0.3, 0.4) is 0 Å². The third kappa shape index (κ3) is 12.1. The first kappa shape index (κ1) is 12.5. The Hall–Kier alpha value is 0.870.